The van der Waals surface area contributed by atoms with Crippen LogP contribution in [0.15, 0.2) is 40.9 Å². The average Bonchev–Trinajstić information content (AvgIpc) is 3.12. The zero-order valence-corrected chi connectivity index (χ0v) is 14.8. The molecule has 0 saturated carbocycles. The number of methoxy groups -OCH3 is 1. The summed E-state index contributed by atoms with van der Waals surface area (Å²) in [7, 11) is 1.44. The maximum absolute atomic E-state index is 11.7. The van der Waals surface area contributed by atoms with Gasteiger partial charge in [-0.25, -0.2) is 4.98 Å². The van der Waals surface area contributed by atoms with Crippen molar-refractivity contribution in [2.24, 2.45) is 0 Å². The maximum Gasteiger partial charge on any atom is 0.307 e. The number of hydrogen-bond acceptors (Lipinski definition) is 6. The minimum Gasteiger partial charge on any atom is -0.469 e. The lowest BCUT2D eigenvalue weighted by atomic mass is 10.1. The van der Waals surface area contributed by atoms with E-state index >= 15 is 0 Å². The third-order valence-electron chi connectivity index (χ3n) is 4.34. The standard InChI is InChI=1S/C18H22N2O3S/c1-13(20-8-9-24-12-15(20)10-17(21)22-2)18-19-11-16(23-18)14-6-4-3-5-7-14/h3-7,11,13,15H,8-10,12H2,1-2H3/t13-,15+/m0/s1. The summed E-state index contributed by atoms with van der Waals surface area (Å²) in [5.74, 6) is 3.26. The van der Waals surface area contributed by atoms with Crippen LogP contribution in [0.3, 0.4) is 0 Å². The first-order valence-corrected chi connectivity index (χ1v) is 9.26. The van der Waals surface area contributed by atoms with Gasteiger partial charge in [-0.1, -0.05) is 30.3 Å². The first-order valence-electron chi connectivity index (χ1n) is 8.10. The summed E-state index contributed by atoms with van der Waals surface area (Å²) in [5.41, 5.74) is 1.02. The molecular weight excluding hydrogens is 324 g/mol. The van der Waals surface area contributed by atoms with Crippen LogP contribution in [-0.4, -0.2) is 47.1 Å². The van der Waals surface area contributed by atoms with Crippen molar-refractivity contribution in [3.8, 4) is 11.3 Å². The fourth-order valence-electron chi connectivity index (χ4n) is 2.99. The van der Waals surface area contributed by atoms with Gasteiger partial charge in [0, 0.05) is 29.7 Å². The summed E-state index contributed by atoms with van der Waals surface area (Å²) in [6.07, 6.45) is 2.18. The summed E-state index contributed by atoms with van der Waals surface area (Å²) in [4.78, 5) is 18.4. The SMILES string of the molecule is COC(=O)C[C@@H]1CSCCN1[C@@H](C)c1ncc(-c2ccccc2)o1. The second kappa shape index (κ2) is 7.85. The number of rotatable bonds is 5. The molecule has 2 heterocycles. The molecule has 0 bridgehead atoms. The second-order valence-electron chi connectivity index (χ2n) is 5.85. The minimum absolute atomic E-state index is 0.0259. The molecule has 1 aromatic carbocycles. The zero-order chi connectivity index (χ0) is 16.9. The highest BCUT2D eigenvalue weighted by Crippen LogP contribution is 2.31. The lowest BCUT2D eigenvalue weighted by Crippen LogP contribution is -2.45. The Morgan fingerprint density at radius 2 is 2.25 bits per heavy atom. The summed E-state index contributed by atoms with van der Waals surface area (Å²) in [6, 6.07) is 10.1. The minimum atomic E-state index is -0.169. The van der Waals surface area contributed by atoms with Crippen molar-refractivity contribution in [3.63, 3.8) is 0 Å². The van der Waals surface area contributed by atoms with E-state index < -0.39 is 0 Å². The zero-order valence-electron chi connectivity index (χ0n) is 14.0. The molecule has 2 aromatic rings. The van der Waals surface area contributed by atoms with Gasteiger partial charge >= 0.3 is 5.97 Å². The molecule has 1 fully saturated rings. The van der Waals surface area contributed by atoms with E-state index in [1.807, 2.05) is 42.1 Å². The smallest absolute Gasteiger partial charge is 0.307 e. The van der Waals surface area contributed by atoms with Gasteiger partial charge in [0.2, 0.25) is 5.89 Å². The Labute approximate surface area is 146 Å². The van der Waals surface area contributed by atoms with Gasteiger partial charge in [0.25, 0.3) is 0 Å². The highest BCUT2D eigenvalue weighted by Gasteiger charge is 2.31. The van der Waals surface area contributed by atoms with Crippen LogP contribution in [0.2, 0.25) is 0 Å². The number of aromatic nitrogens is 1. The fraction of sp³-hybridized carbons (Fsp3) is 0.444. The Hall–Kier alpha value is -1.79. The number of benzene rings is 1. The number of oxazole rings is 1. The van der Waals surface area contributed by atoms with Crippen LogP contribution < -0.4 is 0 Å². The Balaban J connectivity index is 1.76. The molecule has 5 nitrogen and oxygen atoms in total. The van der Waals surface area contributed by atoms with Crippen LogP contribution in [0.25, 0.3) is 11.3 Å². The number of carbonyl (C=O) groups excluding carboxylic acids is 1. The summed E-state index contributed by atoms with van der Waals surface area (Å²) >= 11 is 1.87. The van der Waals surface area contributed by atoms with Crippen LogP contribution in [0, 0.1) is 0 Å². The number of hydrogen-bond donors (Lipinski definition) is 0. The van der Waals surface area contributed by atoms with Gasteiger partial charge in [-0.3, -0.25) is 9.69 Å². The molecule has 0 spiro atoms. The van der Waals surface area contributed by atoms with Crippen molar-refractivity contribution < 1.29 is 13.9 Å². The molecule has 6 heteroatoms. The average molecular weight is 346 g/mol. The fourth-order valence-corrected chi connectivity index (χ4v) is 4.08. The van der Waals surface area contributed by atoms with Gasteiger partial charge in [-0.2, -0.15) is 11.8 Å². The summed E-state index contributed by atoms with van der Waals surface area (Å²) < 4.78 is 10.8. The quantitative estimate of drug-likeness (QED) is 0.774. The molecule has 24 heavy (non-hydrogen) atoms. The largest absolute Gasteiger partial charge is 0.469 e. The Morgan fingerprint density at radius 1 is 1.46 bits per heavy atom. The molecule has 1 aromatic heterocycles. The Kier molecular flexibility index (Phi) is 5.58. The van der Waals surface area contributed by atoms with E-state index in [0.29, 0.717) is 12.3 Å². The van der Waals surface area contributed by atoms with Crippen LogP contribution in [0.4, 0.5) is 0 Å². The molecule has 3 rings (SSSR count). The normalized spacial score (nSPS) is 19.8. The van der Waals surface area contributed by atoms with Crippen molar-refractivity contribution in [3.05, 3.63) is 42.4 Å². The van der Waals surface area contributed by atoms with Gasteiger partial charge in [0.15, 0.2) is 5.76 Å². The molecule has 2 atom stereocenters. The van der Waals surface area contributed by atoms with E-state index in [1.165, 1.54) is 7.11 Å². The topological polar surface area (TPSA) is 55.6 Å². The monoisotopic (exact) mass is 346 g/mol. The van der Waals surface area contributed by atoms with Gasteiger partial charge in [0.1, 0.15) is 0 Å². The molecule has 1 aliphatic heterocycles. The lowest BCUT2D eigenvalue weighted by Gasteiger charge is -2.37. The summed E-state index contributed by atoms with van der Waals surface area (Å²) in [5, 5.41) is 0. The summed E-state index contributed by atoms with van der Waals surface area (Å²) in [6.45, 7) is 3.00. The van der Waals surface area contributed by atoms with Crippen molar-refractivity contribution in [1.82, 2.24) is 9.88 Å². The number of carbonyl (C=O) groups is 1. The van der Waals surface area contributed by atoms with Crippen molar-refractivity contribution in [2.75, 3.05) is 25.2 Å². The molecule has 0 amide bonds. The Bertz CT molecular complexity index is 674. The van der Waals surface area contributed by atoms with E-state index in [-0.39, 0.29) is 18.1 Å². The highest BCUT2D eigenvalue weighted by molar-refractivity contribution is 7.99. The first-order chi connectivity index (χ1) is 11.7. The van der Waals surface area contributed by atoms with Crippen molar-refractivity contribution in [2.45, 2.75) is 25.4 Å². The highest BCUT2D eigenvalue weighted by atomic mass is 32.2. The molecule has 0 radical (unpaired) electrons. The van der Waals surface area contributed by atoms with E-state index in [1.54, 1.807) is 6.20 Å². The van der Waals surface area contributed by atoms with Gasteiger partial charge in [-0.05, 0) is 6.92 Å². The molecule has 0 unspecified atom stereocenters. The molecule has 1 saturated heterocycles. The molecule has 128 valence electrons. The number of nitrogens with zero attached hydrogens (tertiary/aromatic N) is 2. The van der Waals surface area contributed by atoms with Crippen molar-refractivity contribution >= 4 is 17.7 Å². The number of esters is 1. The Morgan fingerprint density at radius 3 is 3.00 bits per heavy atom. The molecule has 0 N–H and O–H groups in total. The van der Waals surface area contributed by atoms with E-state index in [4.69, 9.17) is 9.15 Å². The van der Waals surface area contributed by atoms with Gasteiger partial charge in [0.05, 0.1) is 25.8 Å². The van der Waals surface area contributed by atoms with Gasteiger partial charge in [-0.15, -0.1) is 0 Å². The lowest BCUT2D eigenvalue weighted by molar-refractivity contribution is -0.142. The predicted molar refractivity (Wildman–Crippen MR) is 94.8 cm³/mol. The predicted octanol–water partition coefficient (Wildman–Crippen LogP) is 3.38. The third-order valence-corrected chi connectivity index (χ3v) is 5.43. The molecule has 1 aliphatic rings. The van der Waals surface area contributed by atoms with Crippen molar-refractivity contribution in [1.29, 1.82) is 0 Å². The van der Waals surface area contributed by atoms with E-state index in [0.717, 1.165) is 29.4 Å². The van der Waals surface area contributed by atoms with E-state index in [9.17, 15) is 4.79 Å². The van der Waals surface area contributed by atoms with Crippen LogP contribution in [0.5, 0.6) is 0 Å². The van der Waals surface area contributed by atoms with Crippen LogP contribution in [0.1, 0.15) is 25.3 Å². The maximum atomic E-state index is 11.7. The third kappa shape index (κ3) is 3.82. The van der Waals surface area contributed by atoms with Crippen LogP contribution in [-0.2, 0) is 9.53 Å². The molecule has 0 aliphatic carbocycles. The second-order valence-corrected chi connectivity index (χ2v) is 7.00. The van der Waals surface area contributed by atoms with E-state index in [2.05, 4.69) is 16.8 Å². The number of ether oxygens (including phenoxy) is 1. The molecular formula is C18H22N2O3S. The number of thioether (sulfide) groups is 1. The first kappa shape index (κ1) is 17.0. The van der Waals surface area contributed by atoms with Crippen LogP contribution >= 0.6 is 11.8 Å². The van der Waals surface area contributed by atoms with Gasteiger partial charge < -0.3 is 9.15 Å².